The minimum atomic E-state index is -0.351. The lowest BCUT2D eigenvalue weighted by Gasteiger charge is -2.19. The van der Waals surface area contributed by atoms with E-state index in [1.54, 1.807) is 21.3 Å². The van der Waals surface area contributed by atoms with Crippen molar-refractivity contribution in [2.24, 2.45) is 5.73 Å². The van der Waals surface area contributed by atoms with Crippen LogP contribution in [0.2, 0.25) is 0 Å². The Bertz CT molecular complexity index is 584. The molecule has 0 saturated carbocycles. The molecule has 0 heterocycles. The van der Waals surface area contributed by atoms with E-state index in [1.165, 1.54) is 0 Å². The molecule has 0 amide bonds. The van der Waals surface area contributed by atoms with E-state index in [9.17, 15) is 0 Å². The van der Waals surface area contributed by atoms with E-state index in [-0.39, 0.29) is 6.04 Å². The number of benzene rings is 2. The summed E-state index contributed by atoms with van der Waals surface area (Å²) in [7, 11) is 4.85. The molecule has 106 valence electrons. The van der Waals surface area contributed by atoms with Crippen LogP contribution in [0.25, 0.3) is 0 Å². The highest BCUT2D eigenvalue weighted by Gasteiger charge is 2.19. The Labute approximate surface area is 119 Å². The molecule has 0 spiro atoms. The van der Waals surface area contributed by atoms with Gasteiger partial charge in [-0.05, 0) is 12.1 Å². The van der Waals surface area contributed by atoms with Gasteiger partial charge >= 0.3 is 0 Å². The van der Waals surface area contributed by atoms with Gasteiger partial charge in [0.1, 0.15) is 5.75 Å². The summed E-state index contributed by atoms with van der Waals surface area (Å²) >= 11 is 0. The van der Waals surface area contributed by atoms with Crippen LogP contribution in [0.1, 0.15) is 17.2 Å². The highest BCUT2D eigenvalue weighted by molar-refractivity contribution is 5.52. The Morgan fingerprint density at radius 1 is 0.750 bits per heavy atom. The normalized spacial score (nSPS) is 11.8. The fourth-order valence-corrected chi connectivity index (χ4v) is 2.25. The van der Waals surface area contributed by atoms with Gasteiger partial charge in [-0.1, -0.05) is 30.3 Å². The first kappa shape index (κ1) is 14.2. The zero-order chi connectivity index (χ0) is 14.5. The molecule has 0 radical (unpaired) electrons. The average Bonchev–Trinajstić information content (AvgIpc) is 2.53. The molecule has 0 aliphatic carbocycles. The summed E-state index contributed by atoms with van der Waals surface area (Å²) in [6, 6.07) is 13.0. The highest BCUT2D eigenvalue weighted by atomic mass is 16.5. The summed E-state index contributed by atoms with van der Waals surface area (Å²) < 4.78 is 16.1. The van der Waals surface area contributed by atoms with Crippen LogP contribution in [0.5, 0.6) is 17.2 Å². The second-order valence-electron chi connectivity index (χ2n) is 4.30. The molecule has 2 aromatic rings. The van der Waals surface area contributed by atoms with Gasteiger partial charge in [0.15, 0.2) is 11.5 Å². The summed E-state index contributed by atoms with van der Waals surface area (Å²) in [6.07, 6.45) is 0. The van der Waals surface area contributed by atoms with Crippen molar-refractivity contribution >= 4 is 0 Å². The Kier molecular flexibility index (Phi) is 4.48. The topological polar surface area (TPSA) is 53.7 Å². The van der Waals surface area contributed by atoms with Gasteiger partial charge in [-0.15, -0.1) is 0 Å². The van der Waals surface area contributed by atoms with E-state index in [1.807, 2.05) is 42.5 Å². The van der Waals surface area contributed by atoms with Crippen molar-refractivity contribution < 1.29 is 14.2 Å². The van der Waals surface area contributed by atoms with E-state index in [4.69, 9.17) is 19.9 Å². The minimum absolute atomic E-state index is 0.351. The maximum Gasteiger partial charge on any atom is 0.165 e. The zero-order valence-corrected chi connectivity index (χ0v) is 11.9. The molecule has 2 aromatic carbocycles. The third kappa shape index (κ3) is 2.56. The van der Waals surface area contributed by atoms with Gasteiger partial charge in [-0.3, -0.25) is 0 Å². The maximum absolute atomic E-state index is 6.38. The molecule has 0 aliphatic rings. The van der Waals surface area contributed by atoms with E-state index < -0.39 is 0 Å². The molecule has 4 heteroatoms. The fraction of sp³-hybridized carbons (Fsp3) is 0.250. The molecule has 20 heavy (non-hydrogen) atoms. The minimum Gasteiger partial charge on any atom is -0.496 e. The summed E-state index contributed by atoms with van der Waals surface area (Å²) in [6.45, 7) is 0. The number of hydrogen-bond donors (Lipinski definition) is 1. The van der Waals surface area contributed by atoms with Crippen LogP contribution in [-0.2, 0) is 0 Å². The molecule has 0 saturated heterocycles. The average molecular weight is 273 g/mol. The summed E-state index contributed by atoms with van der Waals surface area (Å²) in [5.41, 5.74) is 8.14. The van der Waals surface area contributed by atoms with Crippen molar-refractivity contribution in [1.29, 1.82) is 0 Å². The standard InChI is InChI=1S/C16H19NO3/c1-18-13-9-5-4-7-11(13)15(17)12-8-6-10-14(19-2)16(12)20-3/h4-10,15H,17H2,1-3H3. The van der Waals surface area contributed by atoms with Crippen molar-refractivity contribution in [2.45, 2.75) is 6.04 Å². The first-order valence-electron chi connectivity index (χ1n) is 6.32. The summed E-state index contributed by atoms with van der Waals surface area (Å²) in [5, 5.41) is 0. The van der Waals surface area contributed by atoms with Crippen molar-refractivity contribution in [3.8, 4) is 17.2 Å². The molecule has 1 atom stereocenters. The lowest BCUT2D eigenvalue weighted by Crippen LogP contribution is -2.14. The molecule has 1 unspecified atom stereocenters. The molecular weight excluding hydrogens is 254 g/mol. The van der Waals surface area contributed by atoms with E-state index >= 15 is 0 Å². The largest absolute Gasteiger partial charge is 0.496 e. The first-order valence-corrected chi connectivity index (χ1v) is 6.32. The lowest BCUT2D eigenvalue weighted by molar-refractivity contribution is 0.350. The van der Waals surface area contributed by atoms with Crippen LogP contribution in [0.3, 0.4) is 0 Å². The molecule has 0 bridgehead atoms. The van der Waals surface area contributed by atoms with E-state index in [0.717, 1.165) is 16.9 Å². The monoisotopic (exact) mass is 273 g/mol. The van der Waals surface area contributed by atoms with Gasteiger partial charge in [-0.25, -0.2) is 0 Å². The number of methoxy groups -OCH3 is 3. The number of ether oxygens (including phenoxy) is 3. The second kappa shape index (κ2) is 6.30. The van der Waals surface area contributed by atoms with Crippen molar-refractivity contribution in [2.75, 3.05) is 21.3 Å². The Morgan fingerprint density at radius 3 is 2.00 bits per heavy atom. The SMILES string of the molecule is COc1ccccc1C(N)c1cccc(OC)c1OC. The van der Waals surface area contributed by atoms with Crippen LogP contribution >= 0.6 is 0 Å². The van der Waals surface area contributed by atoms with Gasteiger partial charge in [0.2, 0.25) is 0 Å². The molecule has 0 aromatic heterocycles. The van der Waals surface area contributed by atoms with E-state index in [2.05, 4.69) is 0 Å². The second-order valence-corrected chi connectivity index (χ2v) is 4.30. The maximum atomic E-state index is 6.38. The third-order valence-electron chi connectivity index (χ3n) is 3.24. The van der Waals surface area contributed by atoms with Crippen molar-refractivity contribution in [3.05, 3.63) is 53.6 Å². The zero-order valence-electron chi connectivity index (χ0n) is 11.9. The predicted molar refractivity (Wildman–Crippen MR) is 78.6 cm³/mol. The molecule has 0 aliphatic heterocycles. The van der Waals surface area contributed by atoms with Gasteiger partial charge in [0, 0.05) is 11.1 Å². The molecule has 4 nitrogen and oxygen atoms in total. The van der Waals surface area contributed by atoms with Crippen LogP contribution in [0.15, 0.2) is 42.5 Å². The number of hydrogen-bond acceptors (Lipinski definition) is 4. The van der Waals surface area contributed by atoms with E-state index in [0.29, 0.717) is 11.5 Å². The summed E-state index contributed by atoms with van der Waals surface area (Å²) in [5.74, 6) is 2.06. The van der Waals surface area contributed by atoms with Gasteiger partial charge in [-0.2, -0.15) is 0 Å². The van der Waals surface area contributed by atoms with Crippen LogP contribution in [-0.4, -0.2) is 21.3 Å². The quantitative estimate of drug-likeness (QED) is 0.910. The van der Waals surface area contributed by atoms with Crippen LogP contribution in [0, 0.1) is 0 Å². The van der Waals surface area contributed by atoms with Crippen LogP contribution in [0.4, 0.5) is 0 Å². The lowest BCUT2D eigenvalue weighted by atomic mass is 9.97. The first-order chi connectivity index (χ1) is 9.72. The van der Waals surface area contributed by atoms with Gasteiger partial charge in [0.05, 0.1) is 27.4 Å². The molecule has 0 fully saturated rings. The van der Waals surface area contributed by atoms with Gasteiger partial charge in [0.25, 0.3) is 0 Å². The smallest absolute Gasteiger partial charge is 0.165 e. The molecule has 2 N–H and O–H groups in total. The van der Waals surface area contributed by atoms with Crippen molar-refractivity contribution in [1.82, 2.24) is 0 Å². The number of para-hydroxylation sites is 2. The molecular formula is C16H19NO3. The summed E-state index contributed by atoms with van der Waals surface area (Å²) in [4.78, 5) is 0. The Balaban J connectivity index is 2.50. The molecule has 2 rings (SSSR count). The number of nitrogens with two attached hydrogens (primary N) is 1. The Hall–Kier alpha value is -2.20. The Morgan fingerprint density at radius 2 is 1.35 bits per heavy atom. The van der Waals surface area contributed by atoms with Gasteiger partial charge < -0.3 is 19.9 Å². The number of rotatable bonds is 5. The predicted octanol–water partition coefficient (Wildman–Crippen LogP) is 2.76. The van der Waals surface area contributed by atoms with Crippen LogP contribution < -0.4 is 19.9 Å². The highest BCUT2D eigenvalue weighted by Crippen LogP contribution is 2.38. The third-order valence-corrected chi connectivity index (χ3v) is 3.24. The fourth-order valence-electron chi connectivity index (χ4n) is 2.25. The van der Waals surface area contributed by atoms with Crippen molar-refractivity contribution in [3.63, 3.8) is 0 Å².